The van der Waals surface area contributed by atoms with Crippen LogP contribution in [-0.2, 0) is 0 Å². The van der Waals surface area contributed by atoms with Gasteiger partial charge in [0.25, 0.3) is 0 Å². The fourth-order valence-corrected chi connectivity index (χ4v) is 14.1. The van der Waals surface area contributed by atoms with E-state index in [0.717, 1.165) is 71.5 Å². The average Bonchev–Trinajstić information content (AvgIpc) is 3.63. The third-order valence-electron chi connectivity index (χ3n) is 16.9. The Morgan fingerprint density at radius 3 is 1.48 bits per heavy atom. The highest BCUT2D eigenvalue weighted by atomic mass is 16.2. The second-order valence-electron chi connectivity index (χ2n) is 20.8. The van der Waals surface area contributed by atoms with E-state index in [4.69, 9.17) is 0 Å². The molecule has 0 bridgehead atoms. The van der Waals surface area contributed by atoms with Crippen molar-refractivity contribution < 1.29 is 5.11 Å². The van der Waals surface area contributed by atoms with E-state index < -0.39 is 0 Å². The molecule has 0 saturated heterocycles. The monoisotopic (exact) mass is 753 g/mol. The number of aliphatic hydroxyl groups is 1. The summed E-state index contributed by atoms with van der Waals surface area (Å²) in [4.78, 5) is 0. The van der Waals surface area contributed by atoms with Crippen LogP contribution in [0.25, 0.3) is 0 Å². The fraction of sp³-hybridized carbons (Fsp3) is 1.00. The zero-order valence-electron chi connectivity index (χ0n) is 37.7. The van der Waals surface area contributed by atoms with Crippen molar-refractivity contribution in [2.45, 2.75) is 265 Å². The molecule has 0 aromatic rings. The molecule has 11 atom stereocenters. The smallest absolute Gasteiger partial charge is 0.0431 e. The average molecular weight is 753 g/mol. The van der Waals surface area contributed by atoms with Gasteiger partial charge in [0.15, 0.2) is 0 Å². The lowest BCUT2D eigenvalue weighted by atomic mass is 9.46. The summed E-state index contributed by atoms with van der Waals surface area (Å²) in [5, 5.41) is 9.78. The molecule has 1 nitrogen and oxygen atoms in total. The van der Waals surface area contributed by atoms with Gasteiger partial charge in [-0.2, -0.15) is 0 Å². The Bertz CT molecular complexity index is 880. The molecule has 4 fully saturated rings. The number of unbranched alkanes of at least 4 members (excludes halogenated alkanes) is 22. The summed E-state index contributed by atoms with van der Waals surface area (Å²) in [6, 6.07) is 0. The zero-order valence-corrected chi connectivity index (χ0v) is 37.7. The van der Waals surface area contributed by atoms with Crippen molar-refractivity contribution in [1.29, 1.82) is 0 Å². The van der Waals surface area contributed by atoms with Gasteiger partial charge in [-0.25, -0.2) is 0 Å². The Labute approximate surface area is 340 Å². The Balaban J connectivity index is 1.20. The maximum absolute atomic E-state index is 9.78. The molecular weight excluding hydrogens is 653 g/mol. The van der Waals surface area contributed by atoms with Gasteiger partial charge in [-0.1, -0.05) is 220 Å². The third kappa shape index (κ3) is 15.6. The van der Waals surface area contributed by atoms with Crippen LogP contribution in [0.3, 0.4) is 0 Å². The molecule has 1 N–H and O–H groups in total. The van der Waals surface area contributed by atoms with E-state index in [2.05, 4.69) is 27.7 Å². The molecule has 4 aliphatic rings. The SMILES string of the molecule is CCCCCCCCCCCCCCCCCCCCC(C)C1CCC2C1C(CCCCO)CC1C3CCC(CCCCC)CC3CC(CCCCC)C12. The first-order valence-corrected chi connectivity index (χ1v) is 26.2. The van der Waals surface area contributed by atoms with Crippen LogP contribution in [-0.4, -0.2) is 11.7 Å². The number of fused-ring (bicyclic) bond motifs is 5. The van der Waals surface area contributed by atoms with Crippen molar-refractivity contribution in [3.63, 3.8) is 0 Å². The maximum Gasteiger partial charge on any atom is 0.0431 e. The molecule has 4 saturated carbocycles. The highest BCUT2D eigenvalue weighted by Crippen LogP contribution is 2.65. The van der Waals surface area contributed by atoms with Crippen LogP contribution < -0.4 is 0 Å². The molecule has 0 spiro atoms. The molecule has 0 aromatic heterocycles. The summed E-state index contributed by atoms with van der Waals surface area (Å²) in [5.41, 5.74) is 0. The Kier molecular flexibility index (Phi) is 24.5. The van der Waals surface area contributed by atoms with E-state index in [-0.39, 0.29) is 0 Å². The predicted molar refractivity (Wildman–Crippen MR) is 239 cm³/mol. The van der Waals surface area contributed by atoms with Gasteiger partial charge in [-0.3, -0.25) is 0 Å². The third-order valence-corrected chi connectivity index (χ3v) is 16.9. The number of aliphatic hydroxyl groups excluding tert-OH is 1. The van der Waals surface area contributed by atoms with E-state index in [1.807, 2.05) is 0 Å². The van der Waals surface area contributed by atoms with Gasteiger partial charge in [-0.15, -0.1) is 0 Å². The van der Waals surface area contributed by atoms with Gasteiger partial charge in [-0.05, 0) is 110 Å². The summed E-state index contributed by atoms with van der Waals surface area (Å²) in [6.07, 6.45) is 54.5. The van der Waals surface area contributed by atoms with Crippen molar-refractivity contribution in [1.82, 2.24) is 0 Å². The Morgan fingerprint density at radius 1 is 0.426 bits per heavy atom. The van der Waals surface area contributed by atoms with Crippen molar-refractivity contribution in [3.05, 3.63) is 0 Å². The molecule has 0 amide bonds. The standard InChI is InChI=1S/C53H100O/c1-5-8-11-12-13-14-15-16-17-18-19-20-21-22-23-24-25-28-31-43(4)48-37-38-50-52(48)46(34-29-30-39-54)42-51-49-36-35-44(32-26-9-6-2)40-47(49)41-45(53(50)51)33-27-10-7-3/h43-54H,5-42H2,1-4H3. The lowest BCUT2D eigenvalue weighted by Crippen LogP contribution is -2.52. The minimum atomic E-state index is 0.398. The second-order valence-corrected chi connectivity index (χ2v) is 20.8. The number of hydrogen-bond donors (Lipinski definition) is 1. The van der Waals surface area contributed by atoms with Crippen LogP contribution in [0, 0.1) is 65.1 Å². The first-order valence-electron chi connectivity index (χ1n) is 26.2. The van der Waals surface area contributed by atoms with Gasteiger partial charge in [0.05, 0.1) is 0 Å². The van der Waals surface area contributed by atoms with Crippen LogP contribution in [0.5, 0.6) is 0 Å². The maximum atomic E-state index is 9.78. The summed E-state index contributed by atoms with van der Waals surface area (Å²) in [5.74, 6) is 11.2. The molecule has 0 aliphatic heterocycles. The molecule has 0 radical (unpaired) electrons. The van der Waals surface area contributed by atoms with Crippen molar-refractivity contribution in [2.75, 3.05) is 6.61 Å². The largest absolute Gasteiger partial charge is 0.396 e. The van der Waals surface area contributed by atoms with E-state index in [1.165, 1.54) is 180 Å². The molecule has 318 valence electrons. The van der Waals surface area contributed by atoms with Crippen LogP contribution in [0.15, 0.2) is 0 Å². The van der Waals surface area contributed by atoms with E-state index in [9.17, 15) is 5.11 Å². The lowest BCUT2D eigenvalue weighted by molar-refractivity contribution is -0.0984. The van der Waals surface area contributed by atoms with Crippen molar-refractivity contribution in [3.8, 4) is 0 Å². The molecule has 11 unspecified atom stereocenters. The first kappa shape index (κ1) is 46.6. The topological polar surface area (TPSA) is 20.2 Å². The van der Waals surface area contributed by atoms with Gasteiger partial charge in [0, 0.05) is 6.61 Å². The van der Waals surface area contributed by atoms with Crippen LogP contribution in [0.1, 0.15) is 265 Å². The molecule has 4 rings (SSSR count). The van der Waals surface area contributed by atoms with E-state index in [0.29, 0.717) is 6.61 Å². The van der Waals surface area contributed by atoms with E-state index >= 15 is 0 Å². The van der Waals surface area contributed by atoms with Gasteiger partial charge >= 0.3 is 0 Å². The molecule has 54 heavy (non-hydrogen) atoms. The molecule has 0 heterocycles. The molecule has 1 heteroatoms. The minimum absolute atomic E-state index is 0.398. The summed E-state index contributed by atoms with van der Waals surface area (Å²) in [7, 11) is 0. The van der Waals surface area contributed by atoms with Crippen LogP contribution in [0.2, 0.25) is 0 Å². The Morgan fingerprint density at radius 2 is 0.907 bits per heavy atom. The Hall–Kier alpha value is -0.0400. The lowest BCUT2D eigenvalue weighted by Gasteiger charge is -2.59. The second kappa shape index (κ2) is 28.4. The predicted octanol–water partition coefficient (Wildman–Crippen LogP) is 17.3. The van der Waals surface area contributed by atoms with Crippen LogP contribution >= 0.6 is 0 Å². The fourth-order valence-electron chi connectivity index (χ4n) is 14.1. The van der Waals surface area contributed by atoms with Crippen molar-refractivity contribution >= 4 is 0 Å². The quantitative estimate of drug-likeness (QED) is 0.0679. The zero-order chi connectivity index (χ0) is 38.2. The summed E-state index contributed by atoms with van der Waals surface area (Å²) < 4.78 is 0. The van der Waals surface area contributed by atoms with Gasteiger partial charge in [0.1, 0.15) is 0 Å². The highest BCUT2D eigenvalue weighted by molar-refractivity contribution is 5.06. The summed E-state index contributed by atoms with van der Waals surface area (Å²) in [6.45, 7) is 10.2. The normalized spacial score (nSPS) is 31.3. The van der Waals surface area contributed by atoms with Crippen LogP contribution in [0.4, 0.5) is 0 Å². The molecular formula is C53H100O. The van der Waals surface area contributed by atoms with Gasteiger partial charge < -0.3 is 5.11 Å². The number of hydrogen-bond acceptors (Lipinski definition) is 1. The molecule has 4 aliphatic carbocycles. The van der Waals surface area contributed by atoms with E-state index in [1.54, 1.807) is 51.4 Å². The minimum Gasteiger partial charge on any atom is -0.396 e. The molecule has 0 aromatic carbocycles. The summed E-state index contributed by atoms with van der Waals surface area (Å²) >= 11 is 0. The van der Waals surface area contributed by atoms with Gasteiger partial charge in [0.2, 0.25) is 0 Å². The first-order chi connectivity index (χ1) is 26.6. The number of rotatable bonds is 32. The highest BCUT2D eigenvalue weighted by Gasteiger charge is 2.57. The van der Waals surface area contributed by atoms with Crippen molar-refractivity contribution in [2.24, 2.45) is 65.1 Å².